The Labute approximate surface area is 126 Å². The number of carbonyl (C=O) groups is 1. The lowest BCUT2D eigenvalue weighted by atomic mass is 9.98. The Kier molecular flexibility index (Phi) is 35.4. The Morgan fingerprint density at radius 1 is 1.30 bits per heavy atom. The van der Waals surface area contributed by atoms with Gasteiger partial charge < -0.3 is 0 Å². The molecule has 20 heavy (non-hydrogen) atoms. The fraction of sp³-hybridized carbons (Fsp3) is 0.500. The average molecular weight is 284 g/mol. The molecule has 0 amide bonds. The van der Waals surface area contributed by atoms with Gasteiger partial charge in [0, 0.05) is 0 Å². The smallest absolute Gasteiger partial charge is 0.142 e. The van der Waals surface area contributed by atoms with E-state index in [0.29, 0.717) is 18.7 Å². The molecule has 2 heteroatoms. The molecule has 1 atom stereocenters. The summed E-state index contributed by atoms with van der Waals surface area (Å²) in [5.41, 5.74) is 1.11. The van der Waals surface area contributed by atoms with Gasteiger partial charge in [0.25, 0.3) is 0 Å². The van der Waals surface area contributed by atoms with Gasteiger partial charge in [-0.1, -0.05) is 52.0 Å². The molecular formula is C18H33FO. The van der Waals surface area contributed by atoms with Crippen molar-refractivity contribution in [2.24, 2.45) is 5.92 Å². The number of halogens is 1. The van der Waals surface area contributed by atoms with Crippen molar-refractivity contribution < 1.29 is 9.18 Å². The molecule has 1 nitrogen and oxygen atoms in total. The molecule has 0 aliphatic carbocycles. The van der Waals surface area contributed by atoms with Gasteiger partial charge in [-0.3, -0.25) is 4.79 Å². The standard InChI is InChI=1S/C10H15F.C5H8O.C2H6.CH4/c1-4-10(6-5-7-11)8-9(2)3;1-2-3-4-5-6;1-2;/h4-5,7,10H,1-2,6,8H2,3H3;3-5H,2H2,1H3;1-2H3;1H4/b7-5+;4-3+;;. The molecule has 0 N–H and O–H groups in total. The third-order valence-electron chi connectivity index (χ3n) is 1.92. The fourth-order valence-corrected chi connectivity index (χ4v) is 1.13. The molecule has 0 saturated heterocycles. The largest absolute Gasteiger partial charge is 0.299 e. The van der Waals surface area contributed by atoms with Gasteiger partial charge in [0.1, 0.15) is 6.29 Å². The van der Waals surface area contributed by atoms with E-state index in [1.165, 1.54) is 12.2 Å². The van der Waals surface area contributed by atoms with Crippen LogP contribution in [-0.2, 0) is 4.79 Å². The SMILES string of the molecule is C.C=CC(C/C=C/F)CC(=C)C.CC.CC/C=C/C=O. The maximum Gasteiger partial charge on any atom is 0.142 e. The van der Waals surface area contributed by atoms with Crippen molar-refractivity contribution in [3.8, 4) is 0 Å². The van der Waals surface area contributed by atoms with Crippen LogP contribution in [0.25, 0.3) is 0 Å². The summed E-state index contributed by atoms with van der Waals surface area (Å²) in [7, 11) is 0. The predicted octanol–water partition coefficient (Wildman–Crippen LogP) is 6.44. The second-order valence-electron chi connectivity index (χ2n) is 3.73. The molecule has 0 aromatic carbocycles. The zero-order valence-electron chi connectivity index (χ0n) is 12.9. The van der Waals surface area contributed by atoms with Crippen LogP contribution in [0.15, 0.2) is 49.4 Å². The highest BCUT2D eigenvalue weighted by Crippen LogP contribution is 2.15. The van der Waals surface area contributed by atoms with E-state index in [1.807, 2.05) is 39.8 Å². The highest BCUT2D eigenvalue weighted by Gasteiger charge is 2.00. The van der Waals surface area contributed by atoms with Crippen LogP contribution in [0.5, 0.6) is 0 Å². The molecule has 1 unspecified atom stereocenters. The first-order valence-electron chi connectivity index (χ1n) is 6.74. The second-order valence-corrected chi connectivity index (χ2v) is 3.73. The van der Waals surface area contributed by atoms with E-state index < -0.39 is 0 Å². The van der Waals surface area contributed by atoms with Crippen LogP contribution in [0.4, 0.5) is 4.39 Å². The number of hydrogen-bond acceptors (Lipinski definition) is 1. The van der Waals surface area contributed by atoms with Gasteiger partial charge in [0.2, 0.25) is 0 Å². The Morgan fingerprint density at radius 3 is 2.10 bits per heavy atom. The number of allylic oxidation sites excluding steroid dienone is 5. The molecule has 0 aromatic rings. The number of aldehydes is 1. The van der Waals surface area contributed by atoms with Gasteiger partial charge in [-0.05, 0) is 38.2 Å². The van der Waals surface area contributed by atoms with Crippen LogP contribution in [-0.4, -0.2) is 6.29 Å². The maximum absolute atomic E-state index is 11.6. The van der Waals surface area contributed by atoms with Crippen molar-refractivity contribution >= 4 is 6.29 Å². The monoisotopic (exact) mass is 284 g/mol. The van der Waals surface area contributed by atoms with Gasteiger partial charge in [-0.15, -0.1) is 13.2 Å². The quantitative estimate of drug-likeness (QED) is 0.298. The van der Waals surface area contributed by atoms with E-state index in [-0.39, 0.29) is 7.43 Å². The van der Waals surface area contributed by atoms with Crippen molar-refractivity contribution in [2.45, 2.75) is 54.4 Å². The van der Waals surface area contributed by atoms with Crippen molar-refractivity contribution in [1.82, 2.24) is 0 Å². The van der Waals surface area contributed by atoms with Crippen LogP contribution >= 0.6 is 0 Å². The van der Waals surface area contributed by atoms with Gasteiger partial charge in [-0.25, -0.2) is 4.39 Å². The zero-order valence-corrected chi connectivity index (χ0v) is 12.9. The van der Waals surface area contributed by atoms with Gasteiger partial charge in [-0.2, -0.15) is 0 Å². The molecule has 0 radical (unpaired) electrons. The molecule has 0 aromatic heterocycles. The predicted molar refractivity (Wildman–Crippen MR) is 91.6 cm³/mol. The molecule has 0 saturated carbocycles. The van der Waals surface area contributed by atoms with E-state index >= 15 is 0 Å². The van der Waals surface area contributed by atoms with Crippen LogP contribution in [0.3, 0.4) is 0 Å². The summed E-state index contributed by atoms with van der Waals surface area (Å²) < 4.78 is 11.6. The minimum absolute atomic E-state index is 0. The average Bonchev–Trinajstić information content (AvgIpc) is 2.43. The first-order chi connectivity index (χ1) is 9.12. The van der Waals surface area contributed by atoms with Crippen LogP contribution in [0.2, 0.25) is 0 Å². The Hall–Kier alpha value is -1.44. The fourth-order valence-electron chi connectivity index (χ4n) is 1.13. The minimum atomic E-state index is 0. The first-order valence-corrected chi connectivity index (χ1v) is 6.74. The molecule has 0 bridgehead atoms. The molecule has 0 aliphatic rings. The van der Waals surface area contributed by atoms with Crippen molar-refractivity contribution in [3.05, 3.63) is 49.4 Å². The summed E-state index contributed by atoms with van der Waals surface area (Å²) in [5, 5.41) is 0. The molecule has 118 valence electrons. The zero-order chi connectivity index (χ0) is 15.5. The van der Waals surface area contributed by atoms with Crippen LogP contribution in [0, 0.1) is 5.92 Å². The minimum Gasteiger partial charge on any atom is -0.299 e. The van der Waals surface area contributed by atoms with Crippen LogP contribution < -0.4 is 0 Å². The number of rotatable bonds is 7. The molecule has 0 fully saturated rings. The lowest BCUT2D eigenvalue weighted by Crippen LogP contribution is -1.94. The van der Waals surface area contributed by atoms with Gasteiger partial charge in [0.05, 0.1) is 6.33 Å². The summed E-state index contributed by atoms with van der Waals surface area (Å²) in [4.78, 5) is 9.48. The Morgan fingerprint density at radius 2 is 1.85 bits per heavy atom. The number of hydrogen-bond donors (Lipinski definition) is 0. The summed E-state index contributed by atoms with van der Waals surface area (Å²) in [6.45, 7) is 15.4. The summed E-state index contributed by atoms with van der Waals surface area (Å²) in [6.07, 6.45) is 10.6. The molecule has 0 heterocycles. The molecular weight excluding hydrogens is 251 g/mol. The highest BCUT2D eigenvalue weighted by molar-refractivity contribution is 5.64. The summed E-state index contributed by atoms with van der Waals surface area (Å²) in [6, 6.07) is 0. The summed E-state index contributed by atoms with van der Waals surface area (Å²) in [5.74, 6) is 0.333. The second kappa shape index (κ2) is 26.2. The van der Waals surface area contributed by atoms with Crippen molar-refractivity contribution in [3.63, 3.8) is 0 Å². The lowest BCUT2D eigenvalue weighted by molar-refractivity contribution is -0.104. The van der Waals surface area contributed by atoms with E-state index in [4.69, 9.17) is 0 Å². The van der Waals surface area contributed by atoms with Gasteiger partial charge in [0.15, 0.2) is 0 Å². The summed E-state index contributed by atoms with van der Waals surface area (Å²) >= 11 is 0. The maximum atomic E-state index is 11.6. The third kappa shape index (κ3) is 30.0. The van der Waals surface area contributed by atoms with E-state index in [9.17, 15) is 9.18 Å². The van der Waals surface area contributed by atoms with E-state index in [2.05, 4.69) is 13.2 Å². The normalized spacial score (nSPS) is 10.4. The lowest BCUT2D eigenvalue weighted by Gasteiger charge is -2.07. The Balaban J connectivity index is -0.000000122. The molecule has 0 spiro atoms. The van der Waals surface area contributed by atoms with Crippen molar-refractivity contribution in [1.29, 1.82) is 0 Å². The topological polar surface area (TPSA) is 17.1 Å². The van der Waals surface area contributed by atoms with Crippen LogP contribution in [0.1, 0.15) is 54.4 Å². The third-order valence-corrected chi connectivity index (χ3v) is 1.92. The number of carbonyl (C=O) groups excluding carboxylic acids is 1. The molecule has 0 aliphatic heterocycles. The first kappa shape index (κ1) is 27.0. The van der Waals surface area contributed by atoms with Crippen molar-refractivity contribution in [2.75, 3.05) is 0 Å². The molecule has 0 rings (SSSR count). The van der Waals surface area contributed by atoms with E-state index in [0.717, 1.165) is 24.7 Å². The Bertz CT molecular complexity index is 265. The van der Waals surface area contributed by atoms with E-state index in [1.54, 1.807) is 0 Å². The highest BCUT2D eigenvalue weighted by atomic mass is 19.1. The van der Waals surface area contributed by atoms with Gasteiger partial charge >= 0.3 is 0 Å².